The summed E-state index contributed by atoms with van der Waals surface area (Å²) in [7, 11) is 0. The maximum atomic E-state index is 10.5. The van der Waals surface area contributed by atoms with E-state index in [0.717, 1.165) is 59.4 Å². The minimum Gasteiger partial charge on any atom is -0.392 e. The van der Waals surface area contributed by atoms with Gasteiger partial charge in [-0.05, 0) is 70.9 Å². The summed E-state index contributed by atoms with van der Waals surface area (Å²) in [6.45, 7) is 4.54. The van der Waals surface area contributed by atoms with Crippen LogP contribution in [0.4, 0.5) is 11.4 Å². The van der Waals surface area contributed by atoms with Crippen molar-refractivity contribution in [2.75, 3.05) is 36.0 Å². The third-order valence-electron chi connectivity index (χ3n) is 5.73. The van der Waals surface area contributed by atoms with E-state index in [1.54, 1.807) is 24.8 Å². The molecule has 8 nitrogen and oxygen atoms in total. The number of aldehydes is 1. The summed E-state index contributed by atoms with van der Waals surface area (Å²) in [5, 5.41) is 17.5. The van der Waals surface area contributed by atoms with Crippen molar-refractivity contribution in [3.05, 3.63) is 76.5 Å². The van der Waals surface area contributed by atoms with Crippen LogP contribution < -0.4 is 9.80 Å². The van der Waals surface area contributed by atoms with Gasteiger partial charge in [0.2, 0.25) is 0 Å². The number of pyridine rings is 3. The second kappa shape index (κ2) is 14.5. The standard InChI is InChI=1S/C10H14N2O.C10H12N2O.C6H6BrNO/c2*13-8-9-5-10(7-11-6-9)12-3-1-2-4-12;7-6-1-5(4-9)2-8-3-6/h5-7,13H,1-4,8H2;5-8H,1-4H2;1-3,9H,4H2. The SMILES string of the molecule is O=Cc1cncc(N2CCCC2)c1.OCc1cncc(Br)c1.OCc1cncc(N2CCCC2)c1. The van der Waals surface area contributed by atoms with Crippen LogP contribution in [0.25, 0.3) is 0 Å². The summed E-state index contributed by atoms with van der Waals surface area (Å²) in [4.78, 5) is 27.1. The third-order valence-corrected chi connectivity index (χ3v) is 6.16. The van der Waals surface area contributed by atoms with Crippen molar-refractivity contribution in [1.29, 1.82) is 0 Å². The second-order valence-electron chi connectivity index (χ2n) is 8.36. The molecule has 0 radical (unpaired) electrons. The molecule has 3 aromatic heterocycles. The highest BCUT2D eigenvalue weighted by Gasteiger charge is 2.13. The number of aliphatic hydroxyl groups is 2. The van der Waals surface area contributed by atoms with Gasteiger partial charge in [0, 0.05) is 61.0 Å². The first-order valence-electron chi connectivity index (χ1n) is 11.8. The van der Waals surface area contributed by atoms with Crippen LogP contribution in [0.1, 0.15) is 47.2 Å². The van der Waals surface area contributed by atoms with E-state index in [2.05, 4.69) is 40.7 Å². The van der Waals surface area contributed by atoms with Crippen LogP contribution in [0.2, 0.25) is 0 Å². The smallest absolute Gasteiger partial charge is 0.151 e. The van der Waals surface area contributed by atoms with Crippen molar-refractivity contribution in [2.45, 2.75) is 38.9 Å². The zero-order chi connectivity index (χ0) is 24.9. The van der Waals surface area contributed by atoms with E-state index in [4.69, 9.17) is 10.2 Å². The van der Waals surface area contributed by atoms with Crippen LogP contribution in [0.3, 0.4) is 0 Å². The molecule has 2 saturated heterocycles. The van der Waals surface area contributed by atoms with E-state index in [-0.39, 0.29) is 13.2 Å². The van der Waals surface area contributed by atoms with Crippen LogP contribution in [0.15, 0.2) is 59.9 Å². The molecule has 0 unspecified atom stereocenters. The molecule has 9 heteroatoms. The van der Waals surface area contributed by atoms with Gasteiger partial charge in [-0.2, -0.15) is 0 Å². The lowest BCUT2D eigenvalue weighted by Gasteiger charge is -2.17. The molecule has 0 bridgehead atoms. The maximum absolute atomic E-state index is 10.5. The van der Waals surface area contributed by atoms with Gasteiger partial charge in [0.05, 0.1) is 37.0 Å². The van der Waals surface area contributed by atoms with Crippen molar-refractivity contribution >= 4 is 33.6 Å². The molecular weight excluding hydrogens is 510 g/mol. The first-order valence-corrected chi connectivity index (χ1v) is 12.6. The molecule has 2 fully saturated rings. The minimum absolute atomic E-state index is 0.0481. The largest absolute Gasteiger partial charge is 0.392 e. The molecule has 186 valence electrons. The van der Waals surface area contributed by atoms with Crippen LogP contribution in [-0.2, 0) is 13.2 Å². The third kappa shape index (κ3) is 8.69. The molecule has 2 aliphatic rings. The normalized spacial score (nSPS) is 14.6. The number of aliphatic hydroxyl groups excluding tert-OH is 2. The first-order chi connectivity index (χ1) is 17.1. The fraction of sp³-hybridized carbons (Fsp3) is 0.385. The molecule has 0 atom stereocenters. The summed E-state index contributed by atoms with van der Waals surface area (Å²) in [6, 6.07) is 5.73. The molecule has 2 aliphatic heterocycles. The number of rotatable bonds is 5. The molecule has 0 aromatic carbocycles. The van der Waals surface area contributed by atoms with Crippen LogP contribution in [0, 0.1) is 0 Å². The second-order valence-corrected chi connectivity index (χ2v) is 9.28. The highest BCUT2D eigenvalue weighted by molar-refractivity contribution is 9.10. The van der Waals surface area contributed by atoms with Crippen LogP contribution in [-0.4, -0.2) is 57.6 Å². The molecule has 2 N–H and O–H groups in total. The molecule has 5 heterocycles. The monoisotopic (exact) mass is 541 g/mol. The Morgan fingerprint density at radius 3 is 1.69 bits per heavy atom. The van der Waals surface area contributed by atoms with Crippen molar-refractivity contribution in [2.24, 2.45) is 0 Å². The van der Waals surface area contributed by atoms with E-state index in [1.165, 1.54) is 25.7 Å². The van der Waals surface area contributed by atoms with Crippen molar-refractivity contribution < 1.29 is 15.0 Å². The zero-order valence-corrected chi connectivity index (χ0v) is 21.3. The predicted molar refractivity (Wildman–Crippen MR) is 141 cm³/mol. The van der Waals surface area contributed by atoms with Gasteiger partial charge in [-0.15, -0.1) is 0 Å². The average molecular weight is 542 g/mol. The molecule has 0 amide bonds. The highest BCUT2D eigenvalue weighted by atomic mass is 79.9. The Hall–Kier alpha value is -2.88. The van der Waals surface area contributed by atoms with Crippen molar-refractivity contribution in [3.63, 3.8) is 0 Å². The topological polar surface area (TPSA) is 103 Å². The molecule has 5 rings (SSSR count). The summed E-state index contributed by atoms with van der Waals surface area (Å²) >= 11 is 3.23. The number of halogens is 1. The van der Waals surface area contributed by atoms with E-state index in [1.807, 2.05) is 30.6 Å². The van der Waals surface area contributed by atoms with Gasteiger partial charge in [-0.1, -0.05) is 0 Å². The Kier molecular flexibility index (Phi) is 11.1. The molecule has 35 heavy (non-hydrogen) atoms. The van der Waals surface area contributed by atoms with E-state index >= 15 is 0 Å². The van der Waals surface area contributed by atoms with E-state index in [0.29, 0.717) is 5.56 Å². The minimum atomic E-state index is 0.0481. The Labute approximate surface area is 214 Å². The molecular formula is C26H32BrN5O3. The number of hydrogen-bond donors (Lipinski definition) is 2. The summed E-state index contributed by atoms with van der Waals surface area (Å²) < 4.78 is 0.897. The van der Waals surface area contributed by atoms with Crippen LogP contribution >= 0.6 is 15.9 Å². The molecule has 0 aliphatic carbocycles. The van der Waals surface area contributed by atoms with Gasteiger partial charge in [-0.25, -0.2) is 0 Å². The lowest BCUT2D eigenvalue weighted by molar-refractivity contribution is 0.112. The Morgan fingerprint density at radius 1 is 0.714 bits per heavy atom. The number of carbonyl (C=O) groups is 1. The van der Waals surface area contributed by atoms with Crippen molar-refractivity contribution in [3.8, 4) is 0 Å². The maximum Gasteiger partial charge on any atom is 0.151 e. The number of hydrogen-bond acceptors (Lipinski definition) is 8. The van der Waals surface area contributed by atoms with Gasteiger partial charge < -0.3 is 20.0 Å². The van der Waals surface area contributed by atoms with Gasteiger partial charge >= 0.3 is 0 Å². The fourth-order valence-corrected chi connectivity index (χ4v) is 4.32. The van der Waals surface area contributed by atoms with E-state index < -0.39 is 0 Å². The van der Waals surface area contributed by atoms with Gasteiger partial charge in [0.25, 0.3) is 0 Å². The summed E-state index contributed by atoms with van der Waals surface area (Å²) in [5.41, 5.74) is 4.59. The molecule has 3 aromatic rings. The highest BCUT2D eigenvalue weighted by Crippen LogP contribution is 2.20. The van der Waals surface area contributed by atoms with E-state index in [9.17, 15) is 4.79 Å². The van der Waals surface area contributed by atoms with Gasteiger partial charge in [0.1, 0.15) is 0 Å². The van der Waals surface area contributed by atoms with Crippen molar-refractivity contribution in [1.82, 2.24) is 15.0 Å². The van der Waals surface area contributed by atoms with Crippen LogP contribution in [0.5, 0.6) is 0 Å². The summed E-state index contributed by atoms with van der Waals surface area (Å²) in [5.74, 6) is 0. The lowest BCUT2D eigenvalue weighted by Crippen LogP contribution is -2.17. The Morgan fingerprint density at radius 2 is 1.20 bits per heavy atom. The number of anilines is 2. The number of nitrogens with zero attached hydrogens (tertiary/aromatic N) is 5. The summed E-state index contributed by atoms with van der Waals surface area (Å²) in [6.07, 6.45) is 16.1. The predicted octanol–water partition coefficient (Wildman–Crippen LogP) is 4.00. The van der Waals surface area contributed by atoms with Gasteiger partial charge in [-0.3, -0.25) is 19.7 Å². The van der Waals surface area contributed by atoms with Gasteiger partial charge in [0.15, 0.2) is 6.29 Å². The lowest BCUT2D eigenvalue weighted by atomic mass is 10.2. The zero-order valence-electron chi connectivity index (χ0n) is 19.8. The Balaban J connectivity index is 0.000000150. The first kappa shape index (κ1) is 26.7. The number of carbonyl (C=O) groups excluding carboxylic acids is 1. The number of aromatic nitrogens is 3. The quantitative estimate of drug-likeness (QED) is 0.467. The molecule has 0 saturated carbocycles. The fourth-order valence-electron chi connectivity index (χ4n) is 3.91. The Bertz CT molecular complexity index is 1060. The average Bonchev–Trinajstić information content (AvgIpc) is 3.65. The molecule has 0 spiro atoms.